The van der Waals surface area contributed by atoms with Crippen LogP contribution in [-0.2, 0) is 11.1 Å². The summed E-state index contributed by atoms with van der Waals surface area (Å²) in [5.41, 5.74) is 0. The van der Waals surface area contributed by atoms with Crippen LogP contribution < -0.4 is 9.46 Å². The Hall–Kier alpha value is -0.980. The van der Waals surface area contributed by atoms with Gasteiger partial charge in [0.05, 0.1) is 12.8 Å². The number of aliphatic hydroxyl groups excluding tert-OH is 1. The van der Waals surface area contributed by atoms with E-state index < -0.39 is 7.82 Å². The largest absolute Gasteiger partial charge is 0.756 e. The summed E-state index contributed by atoms with van der Waals surface area (Å²) in [6, 6.07) is 0. The molecular formula is C7H13N2O5P. The average molecular weight is 236 g/mol. The maximum atomic E-state index is 8.77. The molecule has 0 aliphatic rings. The molecule has 86 valence electrons. The molecule has 3 N–H and O–H groups in total. The molecule has 1 aromatic heterocycles. The van der Waals surface area contributed by atoms with E-state index in [9.17, 15) is 0 Å². The highest BCUT2D eigenvalue weighted by Gasteiger charge is 1.97. The molecule has 0 fully saturated rings. The second-order valence-electron chi connectivity index (χ2n) is 2.50. The molecule has 7 nitrogen and oxygen atoms in total. The van der Waals surface area contributed by atoms with Gasteiger partial charge in [0, 0.05) is 0 Å². The van der Waals surface area contributed by atoms with E-state index in [2.05, 4.69) is 6.58 Å². The van der Waals surface area contributed by atoms with Gasteiger partial charge in [-0.15, -0.1) is 0 Å². The van der Waals surface area contributed by atoms with Crippen LogP contribution in [0, 0.1) is 0 Å². The van der Waals surface area contributed by atoms with Crippen molar-refractivity contribution < 1.29 is 28.9 Å². The Kier molecular flexibility index (Phi) is 6.07. The highest BCUT2D eigenvalue weighted by molar-refractivity contribution is 7.43. The molecular weight excluding hydrogens is 223 g/mol. The van der Waals surface area contributed by atoms with Crippen molar-refractivity contribution in [2.24, 2.45) is 0 Å². The second-order valence-corrected chi connectivity index (χ2v) is 3.48. The van der Waals surface area contributed by atoms with Crippen LogP contribution in [0.3, 0.4) is 0 Å². The zero-order chi connectivity index (χ0) is 11.9. The topological polar surface area (TPSA) is 110 Å². The molecule has 0 spiro atoms. The van der Waals surface area contributed by atoms with Crippen molar-refractivity contribution in [1.82, 2.24) is 4.57 Å². The highest BCUT2D eigenvalue weighted by Crippen LogP contribution is 2.18. The minimum absolute atomic E-state index is 0.172. The Labute approximate surface area is 86.8 Å². The van der Waals surface area contributed by atoms with Crippen molar-refractivity contribution in [3.63, 3.8) is 0 Å². The third-order valence-electron chi connectivity index (χ3n) is 1.28. The molecule has 0 aliphatic heterocycles. The Bertz CT molecular complexity index is 337. The van der Waals surface area contributed by atoms with Crippen LogP contribution in [0.1, 0.15) is 0 Å². The first kappa shape index (κ1) is 14.0. The van der Waals surface area contributed by atoms with Crippen LogP contribution in [0.25, 0.3) is 6.20 Å². The van der Waals surface area contributed by atoms with E-state index in [1.807, 2.05) is 27.9 Å². The first-order valence-corrected chi connectivity index (χ1v) is 5.46. The SMILES string of the molecule is C=C[n+]1ccn(CCO)c1.O=P([O-])(O)O. The average Bonchev–Trinajstić information content (AvgIpc) is 2.50. The lowest BCUT2D eigenvalue weighted by Gasteiger charge is -2.01. The summed E-state index contributed by atoms with van der Waals surface area (Å²) in [5.74, 6) is 0. The molecule has 1 heterocycles. The van der Waals surface area contributed by atoms with Crippen LogP contribution in [-0.4, -0.2) is 26.1 Å². The Morgan fingerprint density at radius 3 is 2.47 bits per heavy atom. The standard InChI is InChI=1S/C7H11N2O.H3O4P/c1-2-8-3-4-9(7-8)5-6-10;1-5(2,3)4/h2-4,7,10H,1,5-6H2;(H3,1,2,3,4)/q+1;/p-1. The van der Waals surface area contributed by atoms with Crippen LogP contribution in [0.5, 0.6) is 0 Å². The lowest BCUT2D eigenvalue weighted by atomic mass is 10.7. The van der Waals surface area contributed by atoms with Crippen molar-refractivity contribution in [3.8, 4) is 0 Å². The number of aromatic nitrogens is 2. The third-order valence-corrected chi connectivity index (χ3v) is 1.28. The monoisotopic (exact) mass is 236 g/mol. The van der Waals surface area contributed by atoms with E-state index in [1.54, 1.807) is 6.20 Å². The fourth-order valence-electron chi connectivity index (χ4n) is 0.767. The summed E-state index contributed by atoms with van der Waals surface area (Å²) in [6.45, 7) is 4.40. The van der Waals surface area contributed by atoms with Gasteiger partial charge in [-0.2, -0.15) is 0 Å². The zero-order valence-electron chi connectivity index (χ0n) is 7.93. The van der Waals surface area contributed by atoms with E-state index in [0.29, 0.717) is 6.54 Å². The number of aliphatic hydroxyl groups is 1. The summed E-state index contributed by atoms with van der Waals surface area (Å²) >= 11 is 0. The molecule has 0 aromatic carbocycles. The number of hydrogen-bond donors (Lipinski definition) is 3. The highest BCUT2D eigenvalue weighted by atomic mass is 31.2. The molecule has 0 aliphatic carbocycles. The first-order chi connectivity index (χ1) is 6.86. The van der Waals surface area contributed by atoms with Crippen molar-refractivity contribution in [1.29, 1.82) is 0 Å². The zero-order valence-corrected chi connectivity index (χ0v) is 8.82. The van der Waals surface area contributed by atoms with E-state index in [0.717, 1.165) is 0 Å². The fraction of sp³-hybridized carbons (Fsp3) is 0.286. The second kappa shape index (κ2) is 6.49. The number of hydrogen-bond acceptors (Lipinski definition) is 3. The minimum Gasteiger partial charge on any atom is -0.756 e. The molecule has 0 unspecified atom stereocenters. The van der Waals surface area contributed by atoms with Gasteiger partial charge in [0.2, 0.25) is 6.33 Å². The molecule has 0 saturated heterocycles. The maximum Gasteiger partial charge on any atom is 0.262 e. The van der Waals surface area contributed by atoms with Crippen molar-refractivity contribution in [2.75, 3.05) is 6.61 Å². The van der Waals surface area contributed by atoms with Gasteiger partial charge in [-0.05, 0) is 0 Å². The molecule has 0 radical (unpaired) electrons. The van der Waals surface area contributed by atoms with Crippen LogP contribution >= 0.6 is 7.82 Å². The van der Waals surface area contributed by atoms with Crippen molar-refractivity contribution in [3.05, 3.63) is 25.3 Å². The number of imidazole rings is 1. The predicted octanol–water partition coefficient (Wildman–Crippen LogP) is -1.69. The summed E-state index contributed by atoms with van der Waals surface area (Å²) < 4.78 is 12.5. The van der Waals surface area contributed by atoms with Crippen LogP contribution in [0.15, 0.2) is 25.3 Å². The van der Waals surface area contributed by atoms with Gasteiger partial charge in [-0.25, -0.2) is 9.13 Å². The Morgan fingerprint density at radius 1 is 1.60 bits per heavy atom. The molecule has 15 heavy (non-hydrogen) atoms. The summed E-state index contributed by atoms with van der Waals surface area (Å²) in [7, 11) is -4.89. The molecule has 1 aromatic rings. The molecule has 1 rings (SSSR count). The van der Waals surface area contributed by atoms with E-state index in [1.165, 1.54) is 0 Å². The number of rotatable bonds is 3. The van der Waals surface area contributed by atoms with Gasteiger partial charge in [0.25, 0.3) is 7.82 Å². The number of nitrogens with zero attached hydrogens (tertiary/aromatic N) is 2. The Balaban J connectivity index is 0.000000336. The van der Waals surface area contributed by atoms with Gasteiger partial charge in [0.15, 0.2) is 0 Å². The molecule has 0 atom stereocenters. The van der Waals surface area contributed by atoms with Crippen molar-refractivity contribution in [2.45, 2.75) is 6.54 Å². The van der Waals surface area contributed by atoms with Gasteiger partial charge in [-0.1, -0.05) is 6.58 Å². The van der Waals surface area contributed by atoms with Gasteiger partial charge < -0.3 is 19.8 Å². The summed E-state index contributed by atoms with van der Waals surface area (Å²) in [6.07, 6.45) is 7.33. The normalized spacial score (nSPS) is 10.4. The summed E-state index contributed by atoms with van der Waals surface area (Å²) in [4.78, 5) is 22.9. The predicted molar refractivity (Wildman–Crippen MR) is 50.1 cm³/mol. The lowest BCUT2D eigenvalue weighted by Crippen LogP contribution is -2.21. The molecule has 8 heteroatoms. The van der Waals surface area contributed by atoms with Gasteiger partial charge in [-0.3, -0.25) is 4.57 Å². The lowest BCUT2D eigenvalue weighted by molar-refractivity contribution is -0.567. The molecule has 0 amide bonds. The third kappa shape index (κ3) is 9.33. The van der Waals surface area contributed by atoms with Crippen LogP contribution in [0.2, 0.25) is 0 Å². The number of phosphoric acid groups is 1. The quantitative estimate of drug-likeness (QED) is 0.428. The van der Waals surface area contributed by atoms with Gasteiger partial charge in [0.1, 0.15) is 18.9 Å². The first-order valence-electron chi connectivity index (χ1n) is 3.93. The van der Waals surface area contributed by atoms with Crippen LogP contribution in [0.4, 0.5) is 0 Å². The molecule has 0 bridgehead atoms. The maximum absolute atomic E-state index is 8.77. The Morgan fingerprint density at radius 2 is 2.13 bits per heavy atom. The van der Waals surface area contributed by atoms with E-state index in [4.69, 9.17) is 24.4 Å². The minimum atomic E-state index is -4.89. The summed E-state index contributed by atoms with van der Waals surface area (Å²) in [5, 5.41) is 8.55. The fourth-order valence-corrected chi connectivity index (χ4v) is 0.767. The molecule has 0 saturated carbocycles. The smallest absolute Gasteiger partial charge is 0.262 e. The van der Waals surface area contributed by atoms with E-state index >= 15 is 0 Å². The van der Waals surface area contributed by atoms with Crippen molar-refractivity contribution >= 4 is 14.0 Å². The van der Waals surface area contributed by atoms with E-state index in [-0.39, 0.29) is 6.61 Å². The van der Waals surface area contributed by atoms with Gasteiger partial charge >= 0.3 is 0 Å².